The molecule has 0 saturated heterocycles. The largest absolute Gasteiger partial charge is 0.344 e. The number of nitrogens with two attached hydrogens (primary N) is 1. The number of carbonyl (C=O) groups excluding carboxylic acids is 1. The van der Waals surface area contributed by atoms with Gasteiger partial charge in [0.25, 0.3) is 0 Å². The van der Waals surface area contributed by atoms with Crippen molar-refractivity contribution in [1.82, 2.24) is 4.90 Å². The molecule has 3 nitrogen and oxygen atoms in total. The van der Waals surface area contributed by atoms with Gasteiger partial charge in [-0.3, -0.25) is 4.79 Å². The van der Waals surface area contributed by atoms with Crippen LogP contribution in [0.4, 0.5) is 0 Å². The van der Waals surface area contributed by atoms with Crippen LogP contribution in [-0.2, 0) is 4.79 Å². The van der Waals surface area contributed by atoms with Crippen LogP contribution >= 0.6 is 12.4 Å². The topological polar surface area (TPSA) is 46.3 Å². The van der Waals surface area contributed by atoms with Gasteiger partial charge in [0, 0.05) is 13.6 Å². The molecule has 0 rings (SSSR count). The molecule has 0 aromatic rings. The molecule has 0 heterocycles. The van der Waals surface area contributed by atoms with Crippen molar-refractivity contribution in [1.29, 1.82) is 0 Å². The SMILES string of the molecule is CCCCCCCCCCCCN(C)C(=O)[C@@H](N)CC(C)C.Cl. The van der Waals surface area contributed by atoms with Crippen LogP contribution in [0.15, 0.2) is 0 Å². The zero-order chi connectivity index (χ0) is 16.8. The maximum Gasteiger partial charge on any atom is 0.239 e. The van der Waals surface area contributed by atoms with Gasteiger partial charge in [0.2, 0.25) is 5.91 Å². The van der Waals surface area contributed by atoms with Crippen molar-refractivity contribution >= 4 is 18.3 Å². The lowest BCUT2D eigenvalue weighted by atomic mass is 10.0. The van der Waals surface area contributed by atoms with Gasteiger partial charge in [-0.15, -0.1) is 12.4 Å². The standard InChI is InChI=1S/C19H40N2O.ClH/c1-5-6-7-8-9-10-11-12-13-14-15-21(4)19(22)18(20)16-17(2)3;/h17-18H,5-16,20H2,1-4H3;1H/t18-;/m0./s1. The molecule has 0 aromatic heterocycles. The van der Waals surface area contributed by atoms with E-state index in [4.69, 9.17) is 5.73 Å². The van der Waals surface area contributed by atoms with Gasteiger partial charge < -0.3 is 10.6 Å². The molecule has 0 bridgehead atoms. The van der Waals surface area contributed by atoms with Crippen LogP contribution < -0.4 is 5.73 Å². The van der Waals surface area contributed by atoms with Gasteiger partial charge in [0.15, 0.2) is 0 Å². The fourth-order valence-electron chi connectivity index (χ4n) is 2.84. The van der Waals surface area contributed by atoms with Crippen LogP contribution in [0, 0.1) is 5.92 Å². The van der Waals surface area contributed by atoms with Gasteiger partial charge in [0.05, 0.1) is 6.04 Å². The highest BCUT2D eigenvalue weighted by Gasteiger charge is 2.18. The van der Waals surface area contributed by atoms with Crippen LogP contribution in [-0.4, -0.2) is 30.4 Å². The van der Waals surface area contributed by atoms with Crippen molar-refractivity contribution in [3.8, 4) is 0 Å². The lowest BCUT2D eigenvalue weighted by Crippen LogP contribution is -2.42. The van der Waals surface area contributed by atoms with Crippen molar-refractivity contribution in [2.24, 2.45) is 11.7 Å². The predicted octanol–water partition coefficient (Wildman–Crippen LogP) is 5.16. The van der Waals surface area contributed by atoms with Gasteiger partial charge >= 0.3 is 0 Å². The minimum atomic E-state index is -0.326. The van der Waals surface area contributed by atoms with E-state index in [-0.39, 0.29) is 24.4 Å². The Morgan fingerprint density at radius 3 is 1.78 bits per heavy atom. The summed E-state index contributed by atoms with van der Waals surface area (Å²) in [6, 6.07) is -0.326. The second kappa shape index (κ2) is 16.6. The van der Waals surface area contributed by atoms with Crippen molar-refractivity contribution in [2.75, 3.05) is 13.6 Å². The zero-order valence-corrected chi connectivity index (χ0v) is 16.8. The van der Waals surface area contributed by atoms with Crippen LogP contribution in [0.1, 0.15) is 91.4 Å². The molecule has 0 aliphatic rings. The Labute approximate surface area is 151 Å². The normalized spacial score (nSPS) is 12.1. The predicted molar refractivity (Wildman–Crippen MR) is 104 cm³/mol. The van der Waals surface area contributed by atoms with Gasteiger partial charge in [-0.25, -0.2) is 0 Å². The van der Waals surface area contributed by atoms with E-state index in [9.17, 15) is 4.79 Å². The number of likely N-dealkylation sites (N-methyl/N-ethyl adjacent to an activating group) is 1. The van der Waals surface area contributed by atoms with E-state index in [0.717, 1.165) is 19.4 Å². The molecule has 4 heteroatoms. The van der Waals surface area contributed by atoms with E-state index in [0.29, 0.717) is 5.92 Å². The van der Waals surface area contributed by atoms with E-state index in [2.05, 4.69) is 20.8 Å². The van der Waals surface area contributed by atoms with Gasteiger partial charge in [-0.1, -0.05) is 78.6 Å². The molecule has 0 spiro atoms. The lowest BCUT2D eigenvalue weighted by molar-refractivity contribution is -0.131. The third-order valence-electron chi connectivity index (χ3n) is 4.27. The van der Waals surface area contributed by atoms with Crippen LogP contribution in [0.2, 0.25) is 0 Å². The Balaban J connectivity index is 0. The molecule has 0 saturated carbocycles. The monoisotopic (exact) mass is 348 g/mol. The highest BCUT2D eigenvalue weighted by Crippen LogP contribution is 2.11. The van der Waals surface area contributed by atoms with Crippen LogP contribution in [0.3, 0.4) is 0 Å². The first kappa shape index (κ1) is 25.0. The Morgan fingerprint density at radius 1 is 0.913 bits per heavy atom. The first-order valence-electron chi connectivity index (χ1n) is 9.49. The smallest absolute Gasteiger partial charge is 0.239 e. The van der Waals surface area contributed by atoms with E-state index in [1.807, 2.05) is 11.9 Å². The van der Waals surface area contributed by atoms with Gasteiger partial charge in [-0.05, 0) is 18.8 Å². The van der Waals surface area contributed by atoms with Crippen molar-refractivity contribution in [3.05, 3.63) is 0 Å². The zero-order valence-electron chi connectivity index (χ0n) is 16.0. The van der Waals surface area contributed by atoms with E-state index in [1.54, 1.807) is 0 Å². The van der Waals surface area contributed by atoms with E-state index >= 15 is 0 Å². The third kappa shape index (κ3) is 15.0. The number of halogens is 1. The Morgan fingerprint density at radius 2 is 1.35 bits per heavy atom. The van der Waals surface area contributed by atoms with Crippen molar-refractivity contribution < 1.29 is 4.79 Å². The summed E-state index contributed by atoms with van der Waals surface area (Å²) >= 11 is 0. The minimum Gasteiger partial charge on any atom is -0.344 e. The van der Waals surface area contributed by atoms with Crippen molar-refractivity contribution in [3.63, 3.8) is 0 Å². The minimum absolute atomic E-state index is 0. The fraction of sp³-hybridized carbons (Fsp3) is 0.947. The van der Waals surface area contributed by atoms with Gasteiger partial charge in [-0.2, -0.15) is 0 Å². The fourth-order valence-corrected chi connectivity index (χ4v) is 2.84. The maximum absolute atomic E-state index is 12.1. The van der Waals surface area contributed by atoms with E-state index < -0.39 is 0 Å². The molecule has 23 heavy (non-hydrogen) atoms. The molecule has 0 aliphatic carbocycles. The molecule has 0 unspecified atom stereocenters. The molecular formula is C19H41ClN2O. The molecule has 0 aromatic carbocycles. The number of hydrogen-bond acceptors (Lipinski definition) is 2. The van der Waals surface area contributed by atoms with Gasteiger partial charge in [0.1, 0.15) is 0 Å². The molecule has 1 atom stereocenters. The summed E-state index contributed by atoms with van der Waals surface area (Å²) in [7, 11) is 1.89. The van der Waals surface area contributed by atoms with Crippen LogP contribution in [0.5, 0.6) is 0 Å². The highest BCUT2D eigenvalue weighted by atomic mass is 35.5. The maximum atomic E-state index is 12.1. The summed E-state index contributed by atoms with van der Waals surface area (Å²) < 4.78 is 0. The summed E-state index contributed by atoms with van der Waals surface area (Å²) in [5, 5.41) is 0. The third-order valence-corrected chi connectivity index (χ3v) is 4.27. The Kier molecular flexibility index (Phi) is 18.0. The number of carbonyl (C=O) groups is 1. The van der Waals surface area contributed by atoms with Crippen molar-refractivity contribution in [2.45, 2.75) is 97.4 Å². The summed E-state index contributed by atoms with van der Waals surface area (Å²) in [5.41, 5.74) is 5.95. The average molecular weight is 349 g/mol. The number of nitrogens with zero attached hydrogens (tertiary/aromatic N) is 1. The average Bonchev–Trinajstić information content (AvgIpc) is 2.47. The molecule has 2 N–H and O–H groups in total. The second-order valence-electron chi connectivity index (χ2n) is 7.18. The molecule has 0 fully saturated rings. The Bertz CT molecular complexity index is 272. The summed E-state index contributed by atoms with van der Waals surface area (Å²) in [6.07, 6.45) is 14.0. The number of unbranched alkanes of at least 4 members (excludes halogenated alkanes) is 9. The first-order valence-corrected chi connectivity index (χ1v) is 9.49. The number of hydrogen-bond donors (Lipinski definition) is 1. The summed E-state index contributed by atoms with van der Waals surface area (Å²) in [5.74, 6) is 0.578. The molecule has 1 amide bonds. The molecule has 0 aliphatic heterocycles. The summed E-state index contributed by atoms with van der Waals surface area (Å²) in [6.45, 7) is 7.32. The number of rotatable bonds is 14. The summed E-state index contributed by atoms with van der Waals surface area (Å²) in [4.78, 5) is 13.9. The molecule has 0 radical (unpaired) electrons. The second-order valence-corrected chi connectivity index (χ2v) is 7.18. The molecule has 140 valence electrons. The first-order chi connectivity index (χ1) is 10.5. The van der Waals surface area contributed by atoms with E-state index in [1.165, 1.54) is 57.8 Å². The Hall–Kier alpha value is -0.280. The lowest BCUT2D eigenvalue weighted by Gasteiger charge is -2.22. The number of amides is 1. The highest BCUT2D eigenvalue weighted by molar-refractivity contribution is 5.85. The molecular weight excluding hydrogens is 308 g/mol. The van der Waals surface area contributed by atoms with Crippen LogP contribution in [0.25, 0.3) is 0 Å². The quantitative estimate of drug-likeness (QED) is 0.440.